The fourth-order valence-electron chi connectivity index (χ4n) is 4.06. The molecule has 0 aliphatic carbocycles. The zero-order valence-corrected chi connectivity index (χ0v) is 21.0. The first-order chi connectivity index (χ1) is 17.7. The van der Waals surface area contributed by atoms with Crippen LogP contribution in [0.15, 0.2) is 66.7 Å². The lowest BCUT2D eigenvalue weighted by Crippen LogP contribution is -2.35. The first kappa shape index (κ1) is 25.6. The summed E-state index contributed by atoms with van der Waals surface area (Å²) in [5, 5.41) is 6.00. The molecule has 0 saturated heterocycles. The largest absolute Gasteiger partial charge is 0.465 e. The molecule has 1 aliphatic heterocycles. The quantitative estimate of drug-likeness (QED) is 0.374. The molecule has 3 aromatic rings. The van der Waals surface area contributed by atoms with Crippen LogP contribution in [-0.4, -0.2) is 57.5 Å². The summed E-state index contributed by atoms with van der Waals surface area (Å²) in [6.45, 7) is 0.145. The van der Waals surface area contributed by atoms with Crippen molar-refractivity contribution in [2.24, 2.45) is 0 Å². The number of likely N-dealkylation sites (N-methyl/N-ethyl adjacent to an activating group) is 2. The second-order valence-corrected chi connectivity index (χ2v) is 8.80. The number of carbonyl (C=O) groups is 3. The fourth-order valence-corrected chi connectivity index (χ4v) is 4.06. The Morgan fingerprint density at radius 2 is 1.70 bits per heavy atom. The second kappa shape index (κ2) is 10.6. The van der Waals surface area contributed by atoms with E-state index in [-0.39, 0.29) is 24.0 Å². The summed E-state index contributed by atoms with van der Waals surface area (Å²) in [5.74, 6) is -1.71. The molecule has 9 heteroatoms. The lowest BCUT2D eigenvalue weighted by Gasteiger charge is -2.21. The molecule has 3 aromatic carbocycles. The molecule has 0 saturated carbocycles. The highest BCUT2D eigenvalue weighted by molar-refractivity contribution is 6.37. The molecule has 0 atom stereocenters. The standard InChI is InChI=1S/C28H27FN4O4/c1-32(2)16-24(34)33(3)23-13-11-19(15-21(23)29)30-26(17-8-6-5-7-9-17)25-20-12-10-18(28(36)37-4)14-22(20)31-27(25)35/h5-15,30H,16H2,1-4H3,(H,31,35). The Bertz CT molecular complexity index is 1400. The van der Waals surface area contributed by atoms with Gasteiger partial charge in [-0.2, -0.15) is 0 Å². The third-order valence-electron chi connectivity index (χ3n) is 5.90. The Kier molecular flexibility index (Phi) is 7.35. The summed E-state index contributed by atoms with van der Waals surface area (Å²) in [5.41, 5.74) is 3.44. The molecule has 37 heavy (non-hydrogen) atoms. The summed E-state index contributed by atoms with van der Waals surface area (Å²) in [6, 6.07) is 18.5. The lowest BCUT2D eigenvalue weighted by atomic mass is 9.99. The van der Waals surface area contributed by atoms with E-state index in [1.807, 2.05) is 30.3 Å². The minimum absolute atomic E-state index is 0.144. The van der Waals surface area contributed by atoms with E-state index in [2.05, 4.69) is 10.6 Å². The van der Waals surface area contributed by atoms with Crippen molar-refractivity contribution in [1.29, 1.82) is 0 Å². The van der Waals surface area contributed by atoms with Crippen LogP contribution < -0.4 is 15.5 Å². The number of hydrogen-bond acceptors (Lipinski definition) is 6. The van der Waals surface area contributed by atoms with Gasteiger partial charge in [-0.05, 0) is 50.0 Å². The zero-order chi connectivity index (χ0) is 26.7. The smallest absolute Gasteiger partial charge is 0.337 e. The van der Waals surface area contributed by atoms with Crippen molar-refractivity contribution in [3.05, 3.63) is 89.2 Å². The number of fused-ring (bicyclic) bond motifs is 1. The van der Waals surface area contributed by atoms with E-state index in [4.69, 9.17) is 4.74 Å². The van der Waals surface area contributed by atoms with Gasteiger partial charge in [0, 0.05) is 18.3 Å². The molecule has 2 N–H and O–H groups in total. The van der Waals surface area contributed by atoms with Crippen LogP contribution in [0.1, 0.15) is 21.5 Å². The summed E-state index contributed by atoms with van der Waals surface area (Å²) in [6.07, 6.45) is 0. The highest BCUT2D eigenvalue weighted by Crippen LogP contribution is 2.38. The molecule has 0 spiro atoms. The summed E-state index contributed by atoms with van der Waals surface area (Å²) < 4.78 is 19.9. The number of esters is 1. The summed E-state index contributed by atoms with van der Waals surface area (Å²) in [7, 11) is 6.34. The Labute approximate surface area is 214 Å². The van der Waals surface area contributed by atoms with Crippen molar-refractivity contribution in [3.8, 4) is 0 Å². The van der Waals surface area contributed by atoms with Gasteiger partial charge in [-0.15, -0.1) is 0 Å². The Morgan fingerprint density at radius 3 is 2.35 bits per heavy atom. The number of carbonyl (C=O) groups excluding carboxylic acids is 3. The summed E-state index contributed by atoms with van der Waals surface area (Å²) in [4.78, 5) is 40.4. The number of nitrogens with zero attached hydrogens (tertiary/aromatic N) is 2. The first-order valence-electron chi connectivity index (χ1n) is 11.5. The SMILES string of the molecule is COC(=O)c1ccc2c(c1)NC(=O)C2=C(Nc1ccc(N(C)C(=O)CN(C)C)c(F)c1)c1ccccc1. The second-order valence-electron chi connectivity index (χ2n) is 8.80. The molecule has 4 rings (SSSR count). The number of benzene rings is 3. The Morgan fingerprint density at radius 1 is 0.973 bits per heavy atom. The van der Waals surface area contributed by atoms with E-state index in [1.54, 1.807) is 43.3 Å². The van der Waals surface area contributed by atoms with E-state index in [9.17, 15) is 14.4 Å². The number of amides is 2. The van der Waals surface area contributed by atoms with Gasteiger partial charge in [0.25, 0.3) is 5.91 Å². The Balaban J connectivity index is 1.75. The number of halogens is 1. The van der Waals surface area contributed by atoms with Crippen LogP contribution in [0.5, 0.6) is 0 Å². The van der Waals surface area contributed by atoms with Gasteiger partial charge in [0.2, 0.25) is 5.91 Å². The highest BCUT2D eigenvalue weighted by Gasteiger charge is 2.29. The van der Waals surface area contributed by atoms with Crippen LogP contribution in [0.4, 0.5) is 21.5 Å². The average Bonchev–Trinajstić information content (AvgIpc) is 3.21. The predicted molar refractivity (Wildman–Crippen MR) is 142 cm³/mol. The van der Waals surface area contributed by atoms with Gasteiger partial charge in [-0.25, -0.2) is 9.18 Å². The van der Waals surface area contributed by atoms with E-state index in [1.165, 1.54) is 31.2 Å². The average molecular weight is 503 g/mol. The van der Waals surface area contributed by atoms with Crippen LogP contribution in [0.3, 0.4) is 0 Å². The molecule has 0 bridgehead atoms. The monoisotopic (exact) mass is 502 g/mol. The first-order valence-corrected chi connectivity index (χ1v) is 11.5. The van der Waals surface area contributed by atoms with Gasteiger partial charge >= 0.3 is 5.97 Å². The van der Waals surface area contributed by atoms with E-state index < -0.39 is 11.8 Å². The van der Waals surface area contributed by atoms with Crippen molar-refractivity contribution >= 4 is 46.1 Å². The van der Waals surface area contributed by atoms with Gasteiger partial charge in [-0.3, -0.25) is 9.59 Å². The van der Waals surface area contributed by atoms with Crippen LogP contribution in [0.2, 0.25) is 0 Å². The maximum atomic E-state index is 15.1. The third kappa shape index (κ3) is 5.36. The van der Waals surface area contributed by atoms with Crippen molar-refractivity contribution < 1.29 is 23.5 Å². The van der Waals surface area contributed by atoms with Gasteiger partial charge < -0.3 is 25.2 Å². The molecule has 8 nitrogen and oxygen atoms in total. The van der Waals surface area contributed by atoms with E-state index in [0.717, 1.165) is 0 Å². The molecule has 190 valence electrons. The molecule has 2 amide bonds. The number of nitrogens with one attached hydrogen (secondary N) is 2. The normalized spacial score (nSPS) is 13.6. The molecular formula is C28H27FN4O4. The van der Waals surface area contributed by atoms with Crippen molar-refractivity contribution in [2.75, 3.05) is 50.3 Å². The van der Waals surface area contributed by atoms with Crippen LogP contribution >= 0.6 is 0 Å². The summed E-state index contributed by atoms with van der Waals surface area (Å²) >= 11 is 0. The van der Waals surface area contributed by atoms with Crippen LogP contribution in [0.25, 0.3) is 11.3 Å². The molecule has 0 aromatic heterocycles. The van der Waals surface area contributed by atoms with Crippen molar-refractivity contribution in [3.63, 3.8) is 0 Å². The maximum Gasteiger partial charge on any atom is 0.337 e. The molecule has 1 heterocycles. The topological polar surface area (TPSA) is 91.0 Å². The molecule has 0 unspecified atom stereocenters. The van der Waals surface area contributed by atoms with Crippen molar-refractivity contribution in [1.82, 2.24) is 4.90 Å². The van der Waals surface area contributed by atoms with Crippen LogP contribution in [-0.2, 0) is 14.3 Å². The maximum absolute atomic E-state index is 15.1. The van der Waals surface area contributed by atoms with E-state index in [0.29, 0.717) is 39.3 Å². The number of anilines is 3. The zero-order valence-electron chi connectivity index (χ0n) is 21.0. The van der Waals surface area contributed by atoms with Crippen molar-refractivity contribution in [2.45, 2.75) is 0 Å². The van der Waals surface area contributed by atoms with Crippen LogP contribution in [0, 0.1) is 5.82 Å². The minimum Gasteiger partial charge on any atom is -0.465 e. The number of hydrogen-bond donors (Lipinski definition) is 2. The number of rotatable bonds is 7. The molecule has 1 aliphatic rings. The lowest BCUT2D eigenvalue weighted by molar-refractivity contribution is -0.119. The highest BCUT2D eigenvalue weighted by atomic mass is 19.1. The van der Waals surface area contributed by atoms with Gasteiger partial charge in [0.15, 0.2) is 0 Å². The molecular weight excluding hydrogens is 475 g/mol. The molecule has 0 radical (unpaired) electrons. The van der Waals surface area contributed by atoms with Gasteiger partial charge in [-0.1, -0.05) is 36.4 Å². The number of ether oxygens (including phenoxy) is 1. The van der Waals surface area contributed by atoms with Gasteiger partial charge in [0.1, 0.15) is 5.82 Å². The third-order valence-corrected chi connectivity index (χ3v) is 5.90. The Hall–Kier alpha value is -4.50. The minimum atomic E-state index is -0.587. The number of methoxy groups -OCH3 is 1. The predicted octanol–water partition coefficient (Wildman–Crippen LogP) is 4.07. The van der Waals surface area contributed by atoms with E-state index >= 15 is 4.39 Å². The fraction of sp³-hybridized carbons (Fsp3) is 0.179. The van der Waals surface area contributed by atoms with Gasteiger partial charge in [0.05, 0.1) is 41.9 Å². The molecule has 0 fully saturated rings.